The van der Waals surface area contributed by atoms with Crippen molar-refractivity contribution in [3.05, 3.63) is 0 Å². The van der Waals surface area contributed by atoms with E-state index in [4.69, 9.17) is 10.5 Å². The Morgan fingerprint density at radius 1 is 1.29 bits per heavy atom. The molecule has 0 aromatic carbocycles. The summed E-state index contributed by atoms with van der Waals surface area (Å²) >= 11 is 0. The molecule has 3 nitrogen and oxygen atoms in total. The molecule has 1 saturated carbocycles. The van der Waals surface area contributed by atoms with Gasteiger partial charge >= 0.3 is 0 Å². The fraction of sp³-hybridized carbons (Fsp3) is 1.00. The molecular weight excluding hydrogens is 212 g/mol. The monoisotopic (exact) mass is 240 g/mol. The van der Waals surface area contributed by atoms with E-state index in [1.807, 2.05) is 0 Å². The molecule has 0 aromatic heterocycles. The first-order chi connectivity index (χ1) is 8.18. The van der Waals surface area contributed by atoms with Crippen LogP contribution in [0.25, 0.3) is 0 Å². The third-order valence-corrected chi connectivity index (χ3v) is 4.42. The van der Waals surface area contributed by atoms with E-state index < -0.39 is 0 Å². The molecule has 0 aromatic rings. The molecule has 3 heteroatoms. The Balaban J connectivity index is 1.64. The van der Waals surface area contributed by atoms with Crippen LogP contribution in [0.1, 0.15) is 44.9 Å². The predicted octanol–water partition coefficient (Wildman–Crippen LogP) is 2.01. The summed E-state index contributed by atoms with van der Waals surface area (Å²) in [6, 6.07) is 0. The zero-order valence-corrected chi connectivity index (χ0v) is 11.3. The maximum atomic E-state index is 6.39. The van der Waals surface area contributed by atoms with E-state index in [0.717, 1.165) is 32.1 Å². The van der Waals surface area contributed by atoms with Crippen molar-refractivity contribution >= 4 is 0 Å². The summed E-state index contributed by atoms with van der Waals surface area (Å²) in [5.74, 6) is 0.742. The lowest BCUT2D eigenvalue weighted by molar-refractivity contribution is 0.0412. The van der Waals surface area contributed by atoms with Crippen molar-refractivity contribution in [1.82, 2.24) is 4.90 Å². The average molecular weight is 240 g/mol. The molecule has 1 atom stereocenters. The molecule has 1 saturated heterocycles. The topological polar surface area (TPSA) is 38.5 Å². The van der Waals surface area contributed by atoms with Crippen LogP contribution in [0.3, 0.4) is 0 Å². The Kier molecular flexibility index (Phi) is 4.83. The number of nitrogens with zero attached hydrogens (tertiary/aromatic N) is 1. The van der Waals surface area contributed by atoms with Crippen LogP contribution in [0.4, 0.5) is 0 Å². The van der Waals surface area contributed by atoms with Gasteiger partial charge in [-0.1, -0.05) is 12.8 Å². The van der Waals surface area contributed by atoms with Gasteiger partial charge in [0.2, 0.25) is 0 Å². The average Bonchev–Trinajstić information content (AvgIpc) is 2.76. The third-order valence-electron chi connectivity index (χ3n) is 4.42. The number of hydrogen-bond acceptors (Lipinski definition) is 3. The van der Waals surface area contributed by atoms with Crippen LogP contribution in [0.5, 0.6) is 0 Å². The molecule has 17 heavy (non-hydrogen) atoms. The van der Waals surface area contributed by atoms with Crippen LogP contribution in [-0.2, 0) is 4.74 Å². The first-order valence-electron chi connectivity index (χ1n) is 7.23. The standard InChI is InChI=1S/C14H28N2O/c1-16(11-13-5-4-10-17-12-13)9-8-14(15)6-2-3-7-14/h13H,2-12,15H2,1H3. The van der Waals surface area contributed by atoms with E-state index >= 15 is 0 Å². The summed E-state index contributed by atoms with van der Waals surface area (Å²) in [7, 11) is 2.23. The summed E-state index contributed by atoms with van der Waals surface area (Å²) in [4.78, 5) is 2.45. The lowest BCUT2D eigenvalue weighted by Gasteiger charge is -2.30. The van der Waals surface area contributed by atoms with Crippen LogP contribution >= 0.6 is 0 Å². The predicted molar refractivity (Wildman–Crippen MR) is 71.0 cm³/mol. The van der Waals surface area contributed by atoms with Gasteiger partial charge in [0, 0.05) is 18.7 Å². The van der Waals surface area contributed by atoms with Crippen molar-refractivity contribution in [1.29, 1.82) is 0 Å². The summed E-state index contributed by atoms with van der Waals surface area (Å²) in [5.41, 5.74) is 6.54. The van der Waals surface area contributed by atoms with Gasteiger partial charge in [0.05, 0.1) is 6.61 Å². The molecule has 2 N–H and O–H groups in total. The molecule has 100 valence electrons. The fourth-order valence-electron chi connectivity index (χ4n) is 3.23. The van der Waals surface area contributed by atoms with Crippen molar-refractivity contribution in [2.75, 3.05) is 33.4 Å². The molecule has 1 aliphatic carbocycles. The van der Waals surface area contributed by atoms with Crippen LogP contribution < -0.4 is 5.73 Å². The van der Waals surface area contributed by atoms with Gasteiger partial charge in [0.25, 0.3) is 0 Å². The van der Waals surface area contributed by atoms with Gasteiger partial charge in [-0.15, -0.1) is 0 Å². The molecule has 0 amide bonds. The summed E-state index contributed by atoms with van der Waals surface area (Å²) in [5, 5.41) is 0. The second-order valence-corrected chi connectivity index (χ2v) is 6.16. The van der Waals surface area contributed by atoms with E-state index in [1.165, 1.54) is 45.1 Å². The molecule has 1 heterocycles. The largest absolute Gasteiger partial charge is 0.381 e. The van der Waals surface area contributed by atoms with Crippen molar-refractivity contribution in [2.24, 2.45) is 11.7 Å². The second kappa shape index (κ2) is 6.17. The summed E-state index contributed by atoms with van der Waals surface area (Å²) in [6.07, 6.45) is 8.85. The second-order valence-electron chi connectivity index (χ2n) is 6.16. The van der Waals surface area contributed by atoms with E-state index in [1.54, 1.807) is 0 Å². The number of ether oxygens (including phenoxy) is 1. The van der Waals surface area contributed by atoms with Crippen LogP contribution in [-0.4, -0.2) is 43.8 Å². The van der Waals surface area contributed by atoms with Crippen molar-refractivity contribution < 1.29 is 4.74 Å². The van der Waals surface area contributed by atoms with Crippen LogP contribution in [0, 0.1) is 5.92 Å². The number of nitrogens with two attached hydrogens (primary N) is 1. The maximum absolute atomic E-state index is 6.39. The van der Waals surface area contributed by atoms with Gasteiger partial charge in [-0.05, 0) is 51.6 Å². The Labute approximate surface area is 106 Å². The Morgan fingerprint density at radius 2 is 2.06 bits per heavy atom. The van der Waals surface area contributed by atoms with Crippen LogP contribution in [0.15, 0.2) is 0 Å². The SMILES string of the molecule is CN(CCC1(N)CCCC1)CC1CCCOC1. The fourth-order valence-corrected chi connectivity index (χ4v) is 3.23. The molecule has 0 bridgehead atoms. The van der Waals surface area contributed by atoms with E-state index in [-0.39, 0.29) is 5.54 Å². The summed E-state index contributed by atoms with van der Waals surface area (Å²) in [6.45, 7) is 4.24. The normalized spacial score (nSPS) is 28.8. The smallest absolute Gasteiger partial charge is 0.0506 e. The molecule has 1 aliphatic heterocycles. The molecule has 2 fully saturated rings. The van der Waals surface area contributed by atoms with E-state index in [0.29, 0.717) is 0 Å². The van der Waals surface area contributed by atoms with Gasteiger partial charge in [0.1, 0.15) is 0 Å². The lowest BCUT2D eigenvalue weighted by atomic mass is 9.94. The molecule has 2 aliphatic rings. The van der Waals surface area contributed by atoms with Crippen molar-refractivity contribution in [2.45, 2.75) is 50.5 Å². The third kappa shape index (κ3) is 4.23. The maximum Gasteiger partial charge on any atom is 0.0506 e. The first-order valence-corrected chi connectivity index (χ1v) is 7.23. The number of hydrogen-bond donors (Lipinski definition) is 1. The zero-order valence-electron chi connectivity index (χ0n) is 11.3. The van der Waals surface area contributed by atoms with Gasteiger partial charge < -0.3 is 15.4 Å². The van der Waals surface area contributed by atoms with Gasteiger partial charge in [-0.3, -0.25) is 0 Å². The number of rotatable bonds is 5. The molecular formula is C14H28N2O. The lowest BCUT2D eigenvalue weighted by Crippen LogP contribution is -2.41. The first kappa shape index (κ1) is 13.3. The van der Waals surface area contributed by atoms with Gasteiger partial charge in [-0.2, -0.15) is 0 Å². The highest BCUT2D eigenvalue weighted by molar-refractivity contribution is 4.89. The Bertz CT molecular complexity index is 220. The Morgan fingerprint density at radius 3 is 2.71 bits per heavy atom. The minimum atomic E-state index is 0.150. The van der Waals surface area contributed by atoms with Gasteiger partial charge in [0.15, 0.2) is 0 Å². The Hall–Kier alpha value is -0.120. The highest BCUT2D eigenvalue weighted by atomic mass is 16.5. The summed E-state index contributed by atoms with van der Waals surface area (Å²) < 4.78 is 5.53. The van der Waals surface area contributed by atoms with Gasteiger partial charge in [-0.25, -0.2) is 0 Å². The highest BCUT2D eigenvalue weighted by Gasteiger charge is 2.29. The highest BCUT2D eigenvalue weighted by Crippen LogP contribution is 2.30. The van der Waals surface area contributed by atoms with Crippen molar-refractivity contribution in [3.63, 3.8) is 0 Å². The minimum absolute atomic E-state index is 0.150. The molecule has 0 radical (unpaired) electrons. The zero-order chi connectivity index (χ0) is 12.1. The van der Waals surface area contributed by atoms with E-state index in [9.17, 15) is 0 Å². The molecule has 0 spiro atoms. The molecule has 2 rings (SSSR count). The molecule has 1 unspecified atom stereocenters. The van der Waals surface area contributed by atoms with E-state index in [2.05, 4.69) is 11.9 Å². The van der Waals surface area contributed by atoms with Crippen molar-refractivity contribution in [3.8, 4) is 0 Å². The quantitative estimate of drug-likeness (QED) is 0.799. The minimum Gasteiger partial charge on any atom is -0.381 e. The van der Waals surface area contributed by atoms with Crippen LogP contribution in [0.2, 0.25) is 0 Å².